The Morgan fingerprint density at radius 2 is 1.71 bits per heavy atom. The Bertz CT molecular complexity index is 838. The number of nitrogens with one attached hydrogen (secondary N) is 3. The molecule has 1 aromatic rings. The lowest BCUT2D eigenvalue weighted by atomic mass is 9.90. The lowest BCUT2D eigenvalue weighted by Gasteiger charge is -2.31. The maximum Gasteiger partial charge on any atom is 0.309 e. The molecule has 1 rings (SSSR count). The quantitative estimate of drug-likeness (QED) is 0.295. The summed E-state index contributed by atoms with van der Waals surface area (Å²) in [6, 6.07) is -1.25. The number of amides is 2. The highest BCUT2D eigenvalue weighted by atomic mass is 32.2. The summed E-state index contributed by atoms with van der Waals surface area (Å²) in [6.07, 6.45) is -0.648. The average Bonchev–Trinajstić information content (AvgIpc) is 3.09. The summed E-state index contributed by atoms with van der Waals surface area (Å²) in [5.41, 5.74) is -0.204. The van der Waals surface area contributed by atoms with E-state index >= 15 is 0 Å². The topological polar surface area (TPSA) is 171 Å². The fraction of sp³-hybridized carbons (Fsp3) is 0.737. The van der Waals surface area contributed by atoms with Crippen molar-refractivity contribution in [2.75, 3.05) is 17.5 Å². The van der Waals surface area contributed by atoms with Gasteiger partial charge in [-0.1, -0.05) is 34.6 Å². The predicted octanol–water partition coefficient (Wildman–Crippen LogP) is 0.321. The summed E-state index contributed by atoms with van der Waals surface area (Å²) in [4.78, 5) is 28.6. The largest absolute Gasteiger partial charge is 0.431 e. The van der Waals surface area contributed by atoms with Crippen molar-refractivity contribution in [3.05, 3.63) is 12.0 Å². The number of carbonyl (C=O) groups excluding carboxylic acids is 2. The first-order valence-electron chi connectivity index (χ1n) is 10.1. The molecule has 31 heavy (non-hydrogen) atoms. The van der Waals surface area contributed by atoms with Gasteiger partial charge in [-0.15, -0.1) is 0 Å². The first-order chi connectivity index (χ1) is 14.2. The van der Waals surface area contributed by atoms with Crippen molar-refractivity contribution < 1.29 is 32.6 Å². The van der Waals surface area contributed by atoms with E-state index in [9.17, 15) is 28.2 Å². The fourth-order valence-corrected chi connectivity index (χ4v) is 3.18. The lowest BCUT2D eigenvalue weighted by molar-refractivity contribution is -0.132. The van der Waals surface area contributed by atoms with Gasteiger partial charge in [-0.3, -0.25) is 9.59 Å². The third kappa shape index (κ3) is 9.23. The SMILES string of the molecule is CC(C)CNC(=O)[C@H](C)[C@@H](O)[C@H](O)[C@H](CC(C)C)NC(=O)c1coc(NS(C)(=O)=O)n1. The minimum absolute atomic E-state index is 0.0528. The molecule has 0 aliphatic carbocycles. The van der Waals surface area contributed by atoms with Crippen molar-refractivity contribution in [1.29, 1.82) is 0 Å². The zero-order valence-electron chi connectivity index (χ0n) is 18.7. The predicted molar refractivity (Wildman–Crippen MR) is 115 cm³/mol. The minimum atomic E-state index is -3.63. The fourth-order valence-electron chi connectivity index (χ4n) is 2.77. The minimum Gasteiger partial charge on any atom is -0.431 e. The average molecular weight is 463 g/mol. The van der Waals surface area contributed by atoms with E-state index in [1.165, 1.54) is 6.92 Å². The van der Waals surface area contributed by atoms with Gasteiger partial charge in [0.2, 0.25) is 15.9 Å². The Balaban J connectivity index is 2.89. The van der Waals surface area contributed by atoms with Gasteiger partial charge in [0, 0.05) is 6.54 Å². The number of nitrogens with zero attached hydrogens (tertiary/aromatic N) is 1. The molecule has 0 saturated carbocycles. The van der Waals surface area contributed by atoms with Gasteiger partial charge in [0.1, 0.15) is 12.4 Å². The summed E-state index contributed by atoms with van der Waals surface area (Å²) >= 11 is 0. The number of aliphatic hydroxyl groups excluding tert-OH is 2. The van der Waals surface area contributed by atoms with Crippen molar-refractivity contribution in [1.82, 2.24) is 15.6 Å². The molecule has 0 aliphatic heterocycles. The summed E-state index contributed by atoms with van der Waals surface area (Å²) in [5, 5.41) is 26.5. The summed E-state index contributed by atoms with van der Waals surface area (Å²) in [6.45, 7) is 9.56. The molecule has 178 valence electrons. The van der Waals surface area contributed by atoms with E-state index in [2.05, 4.69) is 15.6 Å². The number of aliphatic hydroxyl groups is 2. The van der Waals surface area contributed by atoms with Gasteiger partial charge in [0.15, 0.2) is 5.69 Å². The molecule has 0 saturated heterocycles. The Kier molecular flexibility index (Phi) is 9.91. The van der Waals surface area contributed by atoms with E-state index in [-0.39, 0.29) is 23.5 Å². The smallest absolute Gasteiger partial charge is 0.309 e. The van der Waals surface area contributed by atoms with Crippen LogP contribution < -0.4 is 15.4 Å². The number of hydrogen-bond donors (Lipinski definition) is 5. The van der Waals surface area contributed by atoms with Crippen LogP contribution in [0.25, 0.3) is 0 Å². The molecule has 0 spiro atoms. The number of anilines is 1. The first-order valence-corrected chi connectivity index (χ1v) is 12.0. The highest BCUT2D eigenvalue weighted by Gasteiger charge is 2.35. The molecule has 0 radical (unpaired) electrons. The van der Waals surface area contributed by atoms with Gasteiger partial charge < -0.3 is 25.3 Å². The Morgan fingerprint density at radius 3 is 2.23 bits per heavy atom. The number of hydrogen-bond acceptors (Lipinski definition) is 8. The second kappa shape index (κ2) is 11.4. The van der Waals surface area contributed by atoms with Crippen LogP contribution in [0, 0.1) is 17.8 Å². The van der Waals surface area contributed by atoms with Crippen LogP contribution in [-0.4, -0.2) is 66.5 Å². The standard InChI is InChI=1S/C19H34N4O7S/c1-10(2)7-13(16(25)15(24)12(5)17(26)20-8-11(3)4)21-18(27)14-9-30-19(22-14)23-31(6,28)29/h9-13,15-16,24-25H,7-8H2,1-6H3,(H,20,26)(H,21,27)(H,22,23)/t12-,13+,15-,16-/m1/s1. The van der Waals surface area contributed by atoms with Crippen LogP contribution in [-0.2, 0) is 14.8 Å². The monoisotopic (exact) mass is 462 g/mol. The van der Waals surface area contributed by atoms with E-state index < -0.39 is 46.0 Å². The van der Waals surface area contributed by atoms with Crippen LogP contribution in [0.3, 0.4) is 0 Å². The zero-order valence-corrected chi connectivity index (χ0v) is 19.6. The summed E-state index contributed by atoms with van der Waals surface area (Å²) < 4.78 is 29.4. The van der Waals surface area contributed by atoms with Crippen LogP contribution in [0.15, 0.2) is 10.7 Å². The number of rotatable bonds is 12. The molecule has 0 aromatic carbocycles. The van der Waals surface area contributed by atoms with E-state index in [0.29, 0.717) is 13.0 Å². The summed E-state index contributed by atoms with van der Waals surface area (Å²) in [7, 11) is -3.63. The van der Waals surface area contributed by atoms with Crippen molar-refractivity contribution >= 4 is 27.9 Å². The van der Waals surface area contributed by atoms with Crippen LogP contribution in [0.5, 0.6) is 0 Å². The third-order valence-electron chi connectivity index (χ3n) is 4.42. The van der Waals surface area contributed by atoms with Crippen molar-refractivity contribution in [2.45, 2.75) is 59.3 Å². The first kappa shape index (κ1) is 26.9. The van der Waals surface area contributed by atoms with Crippen LogP contribution in [0.4, 0.5) is 6.01 Å². The number of carbonyl (C=O) groups is 2. The Morgan fingerprint density at radius 1 is 1.10 bits per heavy atom. The second-order valence-corrected chi connectivity index (χ2v) is 10.3. The highest BCUT2D eigenvalue weighted by Crippen LogP contribution is 2.18. The number of oxazole rings is 1. The van der Waals surface area contributed by atoms with Crippen LogP contribution in [0.1, 0.15) is 51.5 Å². The summed E-state index contributed by atoms with van der Waals surface area (Å²) in [5.74, 6) is -1.74. The lowest BCUT2D eigenvalue weighted by Crippen LogP contribution is -2.53. The molecule has 12 heteroatoms. The molecular weight excluding hydrogens is 428 g/mol. The van der Waals surface area contributed by atoms with Gasteiger partial charge in [0.05, 0.1) is 24.3 Å². The molecule has 2 amide bonds. The molecule has 0 bridgehead atoms. The van der Waals surface area contributed by atoms with Gasteiger partial charge in [0.25, 0.3) is 5.91 Å². The maximum absolute atomic E-state index is 12.5. The molecule has 11 nitrogen and oxygen atoms in total. The number of sulfonamides is 1. The second-order valence-electron chi connectivity index (χ2n) is 8.53. The van der Waals surface area contributed by atoms with E-state index in [1.54, 1.807) is 0 Å². The van der Waals surface area contributed by atoms with Gasteiger partial charge >= 0.3 is 6.01 Å². The molecule has 5 N–H and O–H groups in total. The molecule has 0 unspecified atom stereocenters. The van der Waals surface area contributed by atoms with Crippen molar-refractivity contribution in [3.63, 3.8) is 0 Å². The van der Waals surface area contributed by atoms with Gasteiger partial charge in [-0.2, -0.15) is 4.98 Å². The van der Waals surface area contributed by atoms with Gasteiger partial charge in [-0.05, 0) is 18.3 Å². The molecule has 0 aliphatic rings. The number of aromatic nitrogens is 1. The molecule has 1 aromatic heterocycles. The van der Waals surface area contributed by atoms with Crippen LogP contribution >= 0.6 is 0 Å². The van der Waals surface area contributed by atoms with Gasteiger partial charge in [-0.25, -0.2) is 13.1 Å². The zero-order chi connectivity index (χ0) is 23.9. The molecule has 4 atom stereocenters. The Labute approximate surface area is 183 Å². The normalized spacial score (nSPS) is 15.9. The van der Waals surface area contributed by atoms with E-state index in [0.717, 1.165) is 12.5 Å². The van der Waals surface area contributed by atoms with Crippen LogP contribution in [0.2, 0.25) is 0 Å². The Hall–Kier alpha value is -2.18. The highest BCUT2D eigenvalue weighted by molar-refractivity contribution is 7.91. The molecular formula is C19H34N4O7S. The van der Waals surface area contributed by atoms with E-state index in [4.69, 9.17) is 4.42 Å². The molecule has 0 fully saturated rings. The van der Waals surface area contributed by atoms with E-state index in [1.807, 2.05) is 32.4 Å². The maximum atomic E-state index is 12.5. The van der Waals surface area contributed by atoms with Crippen molar-refractivity contribution in [2.24, 2.45) is 17.8 Å². The third-order valence-corrected chi connectivity index (χ3v) is 4.97. The molecule has 1 heterocycles. The van der Waals surface area contributed by atoms with Crippen molar-refractivity contribution in [3.8, 4) is 0 Å².